The van der Waals surface area contributed by atoms with Gasteiger partial charge in [-0.25, -0.2) is 0 Å². The maximum Gasteiger partial charge on any atom is 0.316 e. The highest BCUT2D eigenvalue weighted by Gasteiger charge is 2.23. The van der Waals surface area contributed by atoms with Crippen molar-refractivity contribution in [1.29, 1.82) is 0 Å². The smallest absolute Gasteiger partial charge is 0.316 e. The molecule has 1 N–H and O–H groups in total. The number of carbonyl (C=O) groups excluding carboxylic acids is 1. The van der Waals surface area contributed by atoms with E-state index in [-0.39, 0.29) is 12.4 Å². The first-order chi connectivity index (χ1) is 8.79. The highest BCUT2D eigenvalue weighted by Crippen LogP contribution is 2.20. The predicted octanol–water partition coefficient (Wildman–Crippen LogP) is 3.13. The molecule has 0 saturated carbocycles. The zero-order valence-electron chi connectivity index (χ0n) is 11.3. The number of carboxylic acids is 1. The molecule has 19 heavy (non-hydrogen) atoms. The Bertz CT molecular complexity index is 478. The van der Waals surface area contributed by atoms with Crippen molar-refractivity contribution in [3.8, 4) is 5.75 Å². The first-order valence-electron chi connectivity index (χ1n) is 6.00. The molecular formula is C15H18O4. The quantitative estimate of drug-likeness (QED) is 0.669. The normalized spacial score (nSPS) is 11.5. The van der Waals surface area contributed by atoms with Crippen LogP contribution < -0.4 is 4.74 Å². The second kappa shape index (κ2) is 6.18. The monoisotopic (exact) mass is 262 g/mol. The van der Waals surface area contributed by atoms with Crippen LogP contribution in [0, 0.1) is 5.41 Å². The molecule has 0 aliphatic carbocycles. The Labute approximate surface area is 112 Å². The summed E-state index contributed by atoms with van der Waals surface area (Å²) in [5.41, 5.74) is 0.317. The van der Waals surface area contributed by atoms with E-state index in [1.165, 1.54) is 0 Å². The second-order valence-corrected chi connectivity index (χ2v) is 5.21. The van der Waals surface area contributed by atoms with E-state index in [0.29, 0.717) is 5.75 Å². The van der Waals surface area contributed by atoms with Crippen molar-refractivity contribution in [3.63, 3.8) is 0 Å². The zero-order valence-corrected chi connectivity index (χ0v) is 11.3. The topological polar surface area (TPSA) is 63.6 Å². The lowest BCUT2D eigenvalue weighted by atomic mass is 9.97. The minimum Gasteiger partial charge on any atom is -0.481 e. The minimum absolute atomic E-state index is 0.0131. The van der Waals surface area contributed by atoms with E-state index in [1.54, 1.807) is 57.2 Å². The molecule has 4 nitrogen and oxygen atoms in total. The fourth-order valence-electron chi connectivity index (χ4n) is 1.20. The number of aliphatic carboxylic acids is 1. The molecule has 0 fully saturated rings. The number of rotatable bonds is 4. The van der Waals surface area contributed by atoms with Gasteiger partial charge in [0.2, 0.25) is 0 Å². The molecule has 0 aliphatic rings. The third-order valence-electron chi connectivity index (χ3n) is 2.31. The third kappa shape index (κ3) is 5.38. The van der Waals surface area contributed by atoms with Gasteiger partial charge in [0.1, 0.15) is 5.75 Å². The molecule has 102 valence electrons. The van der Waals surface area contributed by atoms with Gasteiger partial charge in [0, 0.05) is 0 Å². The maximum absolute atomic E-state index is 11.7. The van der Waals surface area contributed by atoms with Crippen molar-refractivity contribution < 1.29 is 19.4 Å². The van der Waals surface area contributed by atoms with Crippen LogP contribution in [0.2, 0.25) is 0 Å². The van der Waals surface area contributed by atoms with Crippen molar-refractivity contribution in [1.82, 2.24) is 0 Å². The number of carboxylic acid groups (broad SMARTS) is 1. The fraction of sp³-hybridized carbons (Fsp3) is 0.333. The summed E-state index contributed by atoms with van der Waals surface area (Å²) in [6.07, 6.45) is 3.27. The number of hydrogen-bond donors (Lipinski definition) is 1. The Kier molecular flexibility index (Phi) is 4.87. The molecule has 1 aromatic rings. The van der Waals surface area contributed by atoms with Crippen LogP contribution in [0.25, 0.3) is 6.08 Å². The van der Waals surface area contributed by atoms with Gasteiger partial charge in [-0.15, -0.1) is 0 Å². The van der Waals surface area contributed by atoms with Crippen molar-refractivity contribution in [2.45, 2.75) is 27.2 Å². The highest BCUT2D eigenvalue weighted by atomic mass is 16.5. The number of esters is 1. The van der Waals surface area contributed by atoms with Crippen LogP contribution in [0.3, 0.4) is 0 Å². The average Bonchev–Trinajstić information content (AvgIpc) is 2.29. The van der Waals surface area contributed by atoms with Crippen LogP contribution in [-0.4, -0.2) is 17.0 Å². The van der Waals surface area contributed by atoms with Gasteiger partial charge in [0.25, 0.3) is 0 Å². The lowest BCUT2D eigenvalue weighted by molar-refractivity contribution is -0.143. The molecule has 1 aromatic carbocycles. The molecule has 0 amide bonds. The summed E-state index contributed by atoms with van der Waals surface area (Å²) >= 11 is 0. The van der Waals surface area contributed by atoms with Crippen LogP contribution in [0.5, 0.6) is 5.75 Å². The lowest BCUT2D eigenvalue weighted by Crippen LogP contribution is -2.25. The first kappa shape index (κ1) is 15.0. The van der Waals surface area contributed by atoms with Crippen LogP contribution in [0.1, 0.15) is 32.8 Å². The molecule has 0 bridgehead atoms. The van der Waals surface area contributed by atoms with Crippen molar-refractivity contribution in [3.05, 3.63) is 35.9 Å². The van der Waals surface area contributed by atoms with Crippen LogP contribution in [-0.2, 0) is 9.59 Å². The van der Waals surface area contributed by atoms with Gasteiger partial charge in [-0.1, -0.05) is 24.3 Å². The average molecular weight is 262 g/mol. The van der Waals surface area contributed by atoms with E-state index in [4.69, 9.17) is 9.84 Å². The first-order valence-corrected chi connectivity index (χ1v) is 6.00. The Hall–Kier alpha value is -2.10. The summed E-state index contributed by atoms with van der Waals surface area (Å²) in [4.78, 5) is 22.0. The van der Waals surface area contributed by atoms with Crippen LogP contribution in [0.4, 0.5) is 0 Å². The number of ether oxygens (including phenoxy) is 1. The maximum atomic E-state index is 11.7. The Morgan fingerprint density at radius 1 is 1.21 bits per heavy atom. The van der Waals surface area contributed by atoms with Gasteiger partial charge in [-0.05, 0) is 38.5 Å². The van der Waals surface area contributed by atoms with Crippen molar-refractivity contribution >= 4 is 18.0 Å². The summed E-state index contributed by atoms with van der Waals surface area (Å²) < 4.78 is 5.22. The lowest BCUT2D eigenvalue weighted by Gasteiger charge is -2.16. The second-order valence-electron chi connectivity index (χ2n) is 5.21. The number of carbonyl (C=O) groups is 2. The van der Waals surface area contributed by atoms with Crippen molar-refractivity contribution in [2.24, 2.45) is 5.41 Å². The molecule has 0 heterocycles. The van der Waals surface area contributed by atoms with Gasteiger partial charge in [-0.3, -0.25) is 9.59 Å². The van der Waals surface area contributed by atoms with E-state index < -0.39 is 11.4 Å². The third-order valence-corrected chi connectivity index (χ3v) is 2.31. The Balaban J connectivity index is 2.64. The summed E-state index contributed by atoms with van der Waals surface area (Å²) in [5, 5.41) is 8.50. The molecule has 1 rings (SSSR count). The van der Waals surface area contributed by atoms with Crippen LogP contribution >= 0.6 is 0 Å². The van der Waals surface area contributed by atoms with Gasteiger partial charge < -0.3 is 9.84 Å². The summed E-state index contributed by atoms with van der Waals surface area (Å²) in [6.45, 7) is 5.37. The zero-order chi connectivity index (χ0) is 14.5. The molecule has 0 aliphatic heterocycles. The van der Waals surface area contributed by atoms with Gasteiger partial charge in [0.05, 0.1) is 11.8 Å². The van der Waals surface area contributed by atoms with Gasteiger partial charge in [-0.2, -0.15) is 0 Å². The van der Waals surface area contributed by atoms with Crippen molar-refractivity contribution in [2.75, 3.05) is 0 Å². The molecular weight excluding hydrogens is 244 g/mol. The largest absolute Gasteiger partial charge is 0.481 e. The molecule has 0 saturated heterocycles. The number of benzene rings is 1. The van der Waals surface area contributed by atoms with E-state index in [0.717, 1.165) is 5.56 Å². The molecule has 0 radical (unpaired) electrons. The van der Waals surface area contributed by atoms with Gasteiger partial charge >= 0.3 is 11.9 Å². The molecule has 0 unspecified atom stereocenters. The SMILES string of the molecule is CC(C)(C)C(=O)Oc1ccc(/C=C/CC(=O)O)cc1. The summed E-state index contributed by atoms with van der Waals surface area (Å²) in [7, 11) is 0. The Morgan fingerprint density at radius 2 is 1.79 bits per heavy atom. The molecule has 0 spiro atoms. The molecule has 0 atom stereocenters. The fourth-order valence-corrected chi connectivity index (χ4v) is 1.20. The van der Waals surface area contributed by atoms with E-state index in [9.17, 15) is 9.59 Å². The van der Waals surface area contributed by atoms with E-state index in [1.807, 2.05) is 0 Å². The summed E-state index contributed by atoms with van der Waals surface area (Å²) in [5.74, 6) is -0.677. The van der Waals surface area contributed by atoms with E-state index in [2.05, 4.69) is 0 Å². The molecule has 4 heteroatoms. The predicted molar refractivity (Wildman–Crippen MR) is 72.8 cm³/mol. The summed E-state index contributed by atoms with van der Waals surface area (Å²) in [6, 6.07) is 6.90. The standard InChI is InChI=1S/C15H18O4/c1-15(2,3)14(18)19-12-9-7-11(8-10-12)5-4-6-13(16)17/h4-5,7-10H,6H2,1-3H3,(H,16,17)/b5-4+. The van der Waals surface area contributed by atoms with E-state index >= 15 is 0 Å². The van der Waals surface area contributed by atoms with Gasteiger partial charge in [0.15, 0.2) is 0 Å². The molecule has 0 aromatic heterocycles. The van der Waals surface area contributed by atoms with Crippen LogP contribution in [0.15, 0.2) is 30.3 Å². The highest BCUT2D eigenvalue weighted by molar-refractivity contribution is 5.78. The Morgan fingerprint density at radius 3 is 2.26 bits per heavy atom. The number of hydrogen-bond acceptors (Lipinski definition) is 3. The minimum atomic E-state index is -0.869.